The minimum atomic E-state index is -1.59. The summed E-state index contributed by atoms with van der Waals surface area (Å²) in [5, 5.41) is 62.9. The minimum Gasteiger partial charge on any atom is -0.390 e. The van der Waals surface area contributed by atoms with E-state index in [1.807, 2.05) is 0 Å². The third kappa shape index (κ3) is 8.86. The van der Waals surface area contributed by atoms with Crippen LogP contribution in [0.15, 0.2) is 0 Å². The molecule has 47 heavy (non-hydrogen) atoms. The number of aliphatic hydroxyl groups excluding tert-OH is 6. The molecule has 5 fully saturated rings. The minimum absolute atomic E-state index is 0.0272. The maximum atomic E-state index is 11.9. The fourth-order valence-corrected chi connectivity index (χ4v) is 6.61. The first kappa shape index (κ1) is 37.3. The predicted octanol–water partition coefficient (Wildman–Crippen LogP) is -2.20. The number of rotatable bonds is 10. The van der Waals surface area contributed by atoms with E-state index in [0.29, 0.717) is 19.1 Å². The zero-order valence-electron chi connectivity index (χ0n) is 27.0. The standard InChI is InChI=1S/C30H50O17/c1-12-18(44-30-27(37)26(36)29(19(10-31)45-30)47-24-8-16(33)25(35)13(2)41-24)5-6-21(40-12)43-20-11-39-23(7-15(20)32)46-28-14(3)42-22(38-4)9-17(28)34/h10,12-30,32-37H,5-9,11H2,1-4H3/t12?,13?,14?,15-,16-,17-,18+,19+,20-,21-,22-,23+,24-,25-,26-,27?,28-,29-,30-/m1/s1. The lowest BCUT2D eigenvalue weighted by Gasteiger charge is -2.45. The van der Waals surface area contributed by atoms with Crippen LogP contribution in [0.1, 0.15) is 52.9 Å². The summed E-state index contributed by atoms with van der Waals surface area (Å²) < 4.78 is 57.5. The van der Waals surface area contributed by atoms with Crippen molar-refractivity contribution in [3.63, 3.8) is 0 Å². The summed E-state index contributed by atoms with van der Waals surface area (Å²) in [5.74, 6) is 0. The molecule has 0 aromatic heterocycles. The molecule has 0 saturated carbocycles. The number of aliphatic hydroxyl groups is 6. The highest BCUT2D eigenvalue weighted by molar-refractivity contribution is 5.57. The van der Waals surface area contributed by atoms with Gasteiger partial charge in [-0.05, 0) is 27.2 Å². The van der Waals surface area contributed by atoms with Crippen LogP contribution >= 0.6 is 0 Å². The number of hydrogen-bond donors (Lipinski definition) is 6. The number of carbonyl (C=O) groups is 1. The van der Waals surface area contributed by atoms with Gasteiger partial charge in [0.05, 0.1) is 49.3 Å². The van der Waals surface area contributed by atoms with Crippen LogP contribution in [-0.2, 0) is 52.2 Å². The van der Waals surface area contributed by atoms with Crippen LogP contribution in [0.4, 0.5) is 0 Å². The number of aldehydes is 1. The number of carbonyl (C=O) groups excluding carboxylic acids is 1. The van der Waals surface area contributed by atoms with E-state index < -0.39 is 117 Å². The molecule has 17 nitrogen and oxygen atoms in total. The van der Waals surface area contributed by atoms with E-state index in [4.69, 9.17) is 47.4 Å². The van der Waals surface area contributed by atoms with Gasteiger partial charge in [0.2, 0.25) is 0 Å². The molecule has 0 aromatic rings. The molecule has 4 unspecified atom stereocenters. The second kappa shape index (κ2) is 16.4. The first-order chi connectivity index (χ1) is 22.4. The SMILES string of the molecule is CO[C@H]1C[C@@H](O)[C@H](O[C@H]2C[C@@H](O)[C@H](O[C@@H]3CC[C@H](O[C@@H]4O[C@@H](C=O)[C@@H](O[C@@H]5C[C@@H](O)[C@H](O)C(C)O5)[C@H](O)C4O)C(C)O3)CO2)C(C)O1. The molecule has 0 spiro atoms. The van der Waals surface area contributed by atoms with Gasteiger partial charge >= 0.3 is 0 Å². The fourth-order valence-electron chi connectivity index (χ4n) is 6.61. The summed E-state index contributed by atoms with van der Waals surface area (Å²) in [6.07, 6.45) is -16.5. The van der Waals surface area contributed by atoms with E-state index in [1.54, 1.807) is 20.8 Å². The normalized spacial score (nSPS) is 51.4. The molecule has 5 aliphatic heterocycles. The van der Waals surface area contributed by atoms with E-state index in [0.717, 1.165) is 0 Å². The lowest BCUT2D eigenvalue weighted by molar-refractivity contribution is -0.348. The Kier molecular flexibility index (Phi) is 13.0. The summed E-state index contributed by atoms with van der Waals surface area (Å²) in [7, 11) is 1.50. The molecule has 0 aliphatic carbocycles. The summed E-state index contributed by atoms with van der Waals surface area (Å²) >= 11 is 0. The van der Waals surface area contributed by atoms with Crippen molar-refractivity contribution in [2.45, 2.75) is 170 Å². The molecule has 5 saturated heterocycles. The van der Waals surface area contributed by atoms with Crippen molar-refractivity contribution in [1.82, 2.24) is 0 Å². The highest BCUT2D eigenvalue weighted by Crippen LogP contribution is 2.33. The zero-order valence-corrected chi connectivity index (χ0v) is 27.0. The Bertz CT molecular complexity index is 968. The molecule has 5 heterocycles. The summed E-state index contributed by atoms with van der Waals surface area (Å²) in [6.45, 7) is 5.08. The van der Waals surface area contributed by atoms with E-state index in [9.17, 15) is 35.4 Å². The van der Waals surface area contributed by atoms with Gasteiger partial charge in [-0.2, -0.15) is 0 Å². The molecule has 0 radical (unpaired) electrons. The summed E-state index contributed by atoms with van der Waals surface area (Å²) in [5.41, 5.74) is 0. The highest BCUT2D eigenvalue weighted by Gasteiger charge is 2.50. The lowest BCUT2D eigenvalue weighted by atomic mass is 9.98. The van der Waals surface area contributed by atoms with Gasteiger partial charge in [-0.3, -0.25) is 0 Å². The maximum absolute atomic E-state index is 11.9. The second-order valence-corrected chi connectivity index (χ2v) is 12.9. The van der Waals surface area contributed by atoms with Crippen LogP contribution in [0.2, 0.25) is 0 Å². The Labute approximate surface area is 272 Å². The van der Waals surface area contributed by atoms with Crippen molar-refractivity contribution < 1.29 is 82.8 Å². The Balaban J connectivity index is 1.07. The van der Waals surface area contributed by atoms with E-state index in [2.05, 4.69) is 0 Å². The van der Waals surface area contributed by atoms with Gasteiger partial charge in [-0.25, -0.2) is 0 Å². The second-order valence-electron chi connectivity index (χ2n) is 12.9. The number of methoxy groups -OCH3 is 1. The van der Waals surface area contributed by atoms with E-state index in [1.165, 1.54) is 7.11 Å². The lowest BCUT2D eigenvalue weighted by Crippen LogP contribution is -2.62. The zero-order chi connectivity index (χ0) is 34.0. The molecule has 0 aromatic carbocycles. The first-order valence-corrected chi connectivity index (χ1v) is 16.3. The van der Waals surface area contributed by atoms with Crippen LogP contribution in [-0.4, -0.2) is 168 Å². The van der Waals surface area contributed by atoms with Crippen LogP contribution in [0.3, 0.4) is 0 Å². The average Bonchev–Trinajstić information content (AvgIpc) is 3.03. The molecule has 19 atom stereocenters. The van der Waals surface area contributed by atoms with Crippen molar-refractivity contribution in [1.29, 1.82) is 0 Å². The molecule has 17 heteroatoms. The van der Waals surface area contributed by atoms with Gasteiger partial charge < -0.3 is 82.8 Å². The predicted molar refractivity (Wildman–Crippen MR) is 153 cm³/mol. The highest BCUT2D eigenvalue weighted by atomic mass is 16.8. The maximum Gasteiger partial charge on any atom is 0.187 e. The Morgan fingerprint density at radius 2 is 1.26 bits per heavy atom. The largest absolute Gasteiger partial charge is 0.390 e. The van der Waals surface area contributed by atoms with Crippen LogP contribution in [0.25, 0.3) is 0 Å². The molecule has 0 bridgehead atoms. The smallest absolute Gasteiger partial charge is 0.187 e. The van der Waals surface area contributed by atoms with Gasteiger partial charge in [0, 0.05) is 32.8 Å². The van der Waals surface area contributed by atoms with Crippen molar-refractivity contribution in [3.05, 3.63) is 0 Å². The van der Waals surface area contributed by atoms with Crippen molar-refractivity contribution in [2.75, 3.05) is 13.7 Å². The van der Waals surface area contributed by atoms with Gasteiger partial charge in [0.1, 0.15) is 42.7 Å². The van der Waals surface area contributed by atoms with Gasteiger partial charge in [0.25, 0.3) is 0 Å². The number of hydrogen-bond acceptors (Lipinski definition) is 17. The van der Waals surface area contributed by atoms with Gasteiger partial charge in [-0.1, -0.05) is 0 Å². The van der Waals surface area contributed by atoms with Crippen molar-refractivity contribution >= 4 is 6.29 Å². The molecule has 5 rings (SSSR count). The fraction of sp³-hybridized carbons (Fsp3) is 0.967. The van der Waals surface area contributed by atoms with Gasteiger partial charge in [-0.15, -0.1) is 0 Å². The van der Waals surface area contributed by atoms with E-state index >= 15 is 0 Å². The quantitative estimate of drug-likeness (QED) is 0.134. The molecule has 0 amide bonds. The molecule has 5 aliphatic rings. The van der Waals surface area contributed by atoms with E-state index in [-0.39, 0.29) is 25.9 Å². The topological polar surface area (TPSA) is 231 Å². The Hall–Kier alpha value is -0.970. The Morgan fingerprint density at radius 3 is 1.89 bits per heavy atom. The number of ether oxygens (including phenoxy) is 10. The Morgan fingerprint density at radius 1 is 0.596 bits per heavy atom. The van der Waals surface area contributed by atoms with Crippen LogP contribution in [0, 0.1) is 0 Å². The first-order valence-electron chi connectivity index (χ1n) is 16.3. The molecular weight excluding hydrogens is 632 g/mol. The van der Waals surface area contributed by atoms with Crippen molar-refractivity contribution in [2.24, 2.45) is 0 Å². The summed E-state index contributed by atoms with van der Waals surface area (Å²) in [6, 6.07) is 0. The van der Waals surface area contributed by atoms with Crippen molar-refractivity contribution in [3.8, 4) is 0 Å². The van der Waals surface area contributed by atoms with Crippen LogP contribution in [0.5, 0.6) is 0 Å². The third-order valence-corrected chi connectivity index (χ3v) is 9.43. The van der Waals surface area contributed by atoms with Gasteiger partial charge in [0.15, 0.2) is 37.7 Å². The molecule has 272 valence electrons. The monoisotopic (exact) mass is 682 g/mol. The third-order valence-electron chi connectivity index (χ3n) is 9.43. The molecule has 6 N–H and O–H groups in total. The average molecular weight is 683 g/mol. The van der Waals surface area contributed by atoms with Crippen LogP contribution < -0.4 is 0 Å². The summed E-state index contributed by atoms with van der Waals surface area (Å²) in [4.78, 5) is 11.9. The molecular formula is C30H50O17.